The number of hydrogen-bond donors (Lipinski definition) is 2. The molecule has 0 saturated carbocycles. The quantitative estimate of drug-likeness (QED) is 0.448. The van der Waals surface area contributed by atoms with Crippen molar-refractivity contribution in [1.29, 1.82) is 0 Å². The van der Waals surface area contributed by atoms with Gasteiger partial charge >= 0.3 is 87.8 Å². The maximum atomic E-state index is 9.55. The molecule has 4 nitrogen and oxygen atoms in total. The molecule has 2 N–H and O–H groups in total. The number of aliphatic carboxylic acids is 2. The van der Waals surface area contributed by atoms with Crippen LogP contribution in [0.3, 0.4) is 0 Å². The summed E-state index contributed by atoms with van der Waals surface area (Å²) in [7, 11) is 0. The van der Waals surface area contributed by atoms with Crippen LogP contribution in [0.25, 0.3) is 0 Å². The topological polar surface area (TPSA) is 74.6 Å². The van der Waals surface area contributed by atoms with E-state index in [9.17, 15) is 9.59 Å². The van der Waals surface area contributed by atoms with Gasteiger partial charge in [0.2, 0.25) is 0 Å². The second kappa shape index (κ2) is 10.1. The van der Waals surface area contributed by atoms with Crippen LogP contribution < -0.4 is 0 Å². The normalized spacial score (nSPS) is 7.60. The summed E-state index contributed by atoms with van der Waals surface area (Å²) in [6.45, 7) is 0. The Morgan fingerprint density at radius 1 is 1.00 bits per heavy atom. The number of rotatable bonds is 2. The van der Waals surface area contributed by atoms with Gasteiger partial charge in [0.05, 0.1) is 0 Å². The zero-order valence-corrected chi connectivity index (χ0v) is 8.61. The van der Waals surface area contributed by atoms with Gasteiger partial charge in [-0.1, -0.05) is 0 Å². The van der Waals surface area contributed by atoms with Gasteiger partial charge in [-0.3, -0.25) is 0 Å². The van der Waals surface area contributed by atoms with Gasteiger partial charge in [0.25, 0.3) is 0 Å². The molecule has 0 rings (SSSR count). The molecule has 0 atom stereocenters. The van der Waals surface area contributed by atoms with Crippen molar-refractivity contribution < 1.29 is 19.8 Å². The minimum absolute atomic E-state index is 0. The second-order valence-corrected chi connectivity index (χ2v) is 1.01. The molecule has 0 aromatic rings. The van der Waals surface area contributed by atoms with E-state index >= 15 is 0 Å². The Labute approximate surface area is 118 Å². The van der Waals surface area contributed by atoms with Gasteiger partial charge in [-0.15, -0.1) is 0 Å². The van der Waals surface area contributed by atoms with Crippen molar-refractivity contribution in [2.24, 2.45) is 0 Å². The van der Waals surface area contributed by atoms with Gasteiger partial charge in [-0.2, -0.15) is 0 Å². The van der Waals surface area contributed by atoms with E-state index in [0.717, 1.165) is 0 Å². The Kier molecular flexibility index (Phi) is 17.5. The van der Waals surface area contributed by atoms with Crippen molar-refractivity contribution in [3.05, 3.63) is 12.2 Å². The molecule has 0 fully saturated rings. The average molecular weight is 281 g/mol. The van der Waals surface area contributed by atoms with Crippen LogP contribution in [0.5, 0.6) is 0 Å². The Balaban J connectivity index is -0.000000245. The summed E-state index contributed by atoms with van der Waals surface area (Å²) in [5, 5.41) is 15.6. The van der Waals surface area contributed by atoms with Crippen molar-refractivity contribution in [3.8, 4) is 0 Å². The molecule has 0 bridgehead atoms. The summed E-state index contributed by atoms with van der Waals surface area (Å²) in [6, 6.07) is 0. The first-order valence-corrected chi connectivity index (χ1v) is 1.77. The molecule has 0 spiro atoms. The molecule has 0 radical (unpaired) electrons. The van der Waals surface area contributed by atoms with E-state index in [2.05, 4.69) is 0 Å². The molecule has 10 heavy (non-hydrogen) atoms. The third-order valence-electron chi connectivity index (χ3n) is 0.368. The molecule has 0 aromatic heterocycles. The molecule has 0 aliphatic heterocycles. The van der Waals surface area contributed by atoms with Crippen LogP contribution in [0.2, 0.25) is 0 Å². The number of carbonyl (C=O) groups is 2. The Morgan fingerprint density at radius 2 is 1.20 bits per heavy atom. The molecule has 0 saturated heterocycles. The fraction of sp³-hybridized carbons (Fsp3) is 0. The molecule has 0 aliphatic carbocycles. The Morgan fingerprint density at radius 3 is 1.30 bits per heavy atom. The third kappa shape index (κ3) is 16.1. The predicted octanol–water partition coefficient (Wildman–Crippen LogP) is -2.12. The third-order valence-corrected chi connectivity index (χ3v) is 0.368. The van der Waals surface area contributed by atoms with Crippen LogP contribution in [0.15, 0.2) is 12.2 Å². The molecular formula is C4H8KO4Sb. The fourth-order valence-corrected chi connectivity index (χ4v) is 0.143. The Hall–Kier alpha value is 1.13. The monoisotopic (exact) mass is 280 g/mol. The molecule has 0 unspecified atom stereocenters. The summed E-state index contributed by atoms with van der Waals surface area (Å²) < 4.78 is 0. The van der Waals surface area contributed by atoms with Crippen molar-refractivity contribution in [2.75, 3.05) is 0 Å². The number of hydrogen-bond acceptors (Lipinski definition) is 2. The van der Waals surface area contributed by atoms with Gasteiger partial charge in [-0.05, 0) is 0 Å². The SMILES string of the molecule is O=C(O)/C=C\C(=O)O.[KH].[SbH3]. The van der Waals surface area contributed by atoms with Crippen LogP contribution >= 0.6 is 0 Å². The Bertz CT molecular complexity index is 128. The van der Waals surface area contributed by atoms with Crippen molar-refractivity contribution >= 4 is 87.8 Å². The van der Waals surface area contributed by atoms with Gasteiger partial charge in [-0.25, -0.2) is 9.59 Å². The van der Waals surface area contributed by atoms with Crippen molar-refractivity contribution in [1.82, 2.24) is 0 Å². The van der Waals surface area contributed by atoms with E-state index in [-0.39, 0.29) is 75.8 Å². The predicted molar refractivity (Wildman–Crippen MR) is 41.5 cm³/mol. The van der Waals surface area contributed by atoms with Gasteiger partial charge in [0.1, 0.15) is 0 Å². The maximum absolute atomic E-state index is 9.55. The summed E-state index contributed by atoms with van der Waals surface area (Å²) >= 11 is 0. The van der Waals surface area contributed by atoms with E-state index in [1.165, 1.54) is 0 Å². The fourth-order valence-electron chi connectivity index (χ4n) is 0.143. The molecule has 0 amide bonds. The van der Waals surface area contributed by atoms with E-state index in [0.29, 0.717) is 12.2 Å². The van der Waals surface area contributed by atoms with Crippen LogP contribution in [-0.4, -0.2) is 98.0 Å². The van der Waals surface area contributed by atoms with Crippen LogP contribution in [0, 0.1) is 0 Å². The van der Waals surface area contributed by atoms with E-state index < -0.39 is 11.9 Å². The summed E-state index contributed by atoms with van der Waals surface area (Å²) in [6.07, 6.45) is 1.12. The molecule has 0 aliphatic rings. The molecule has 6 heteroatoms. The van der Waals surface area contributed by atoms with Gasteiger partial charge < -0.3 is 10.2 Å². The molecule has 0 heterocycles. The molecule has 54 valence electrons. The summed E-state index contributed by atoms with van der Waals surface area (Å²) in [5.41, 5.74) is 0. The van der Waals surface area contributed by atoms with E-state index in [1.807, 2.05) is 0 Å². The van der Waals surface area contributed by atoms with Crippen molar-refractivity contribution in [3.63, 3.8) is 0 Å². The van der Waals surface area contributed by atoms with Gasteiger partial charge in [0, 0.05) is 12.2 Å². The first-order chi connectivity index (χ1) is 3.63. The van der Waals surface area contributed by atoms with Crippen molar-refractivity contribution in [2.45, 2.75) is 0 Å². The first kappa shape index (κ1) is 17.3. The van der Waals surface area contributed by atoms with Crippen LogP contribution in [-0.2, 0) is 9.59 Å². The van der Waals surface area contributed by atoms with E-state index in [1.54, 1.807) is 0 Å². The van der Waals surface area contributed by atoms with Crippen LogP contribution in [0.4, 0.5) is 0 Å². The zero-order valence-electron chi connectivity index (χ0n) is 4.57. The van der Waals surface area contributed by atoms with E-state index in [4.69, 9.17) is 10.2 Å². The molecular weight excluding hydrogens is 273 g/mol. The minimum atomic E-state index is -1.26. The first-order valence-electron chi connectivity index (χ1n) is 1.77. The summed E-state index contributed by atoms with van der Waals surface area (Å²) in [5.74, 6) is -2.51. The zero-order chi connectivity index (χ0) is 6.57. The van der Waals surface area contributed by atoms with Crippen LogP contribution in [0.1, 0.15) is 0 Å². The number of carboxylic acid groups (broad SMARTS) is 2. The molecule has 0 aromatic carbocycles. The second-order valence-electron chi connectivity index (χ2n) is 1.01. The summed E-state index contributed by atoms with van der Waals surface area (Å²) in [4.78, 5) is 19.1. The average Bonchev–Trinajstić information content (AvgIpc) is 1.61. The van der Waals surface area contributed by atoms with Gasteiger partial charge in [0.15, 0.2) is 0 Å². The standard InChI is InChI=1S/C4H4O4.K.Sb.4H/c5-3(6)1-2-4(7)8;;;;;;/h1-2H,(H,5,6)(H,7,8);;;;;;/b2-1-;;;;;;. The number of carboxylic acids is 2.